The molecule has 0 unspecified atom stereocenters. The van der Waals surface area contributed by atoms with Gasteiger partial charge in [0.15, 0.2) is 0 Å². The van der Waals surface area contributed by atoms with Crippen LogP contribution in [-0.4, -0.2) is 4.98 Å². The van der Waals surface area contributed by atoms with Crippen molar-refractivity contribution in [2.45, 2.75) is 12.6 Å². The standard InChI is InChI=1S/C16H11F3N2/c17-16(18,19)14-8-9-21-15(10-14)3-1-2-12-4-6-13(11-20)7-5-12/h1-2,4-10H,3H2. The Morgan fingerprint density at radius 3 is 2.48 bits per heavy atom. The largest absolute Gasteiger partial charge is 0.416 e. The van der Waals surface area contributed by atoms with Crippen LogP contribution in [0.5, 0.6) is 0 Å². The maximum Gasteiger partial charge on any atom is 0.416 e. The van der Waals surface area contributed by atoms with Crippen LogP contribution in [0.15, 0.2) is 48.7 Å². The second kappa shape index (κ2) is 6.23. The number of rotatable bonds is 3. The minimum atomic E-state index is -4.35. The van der Waals surface area contributed by atoms with Crippen molar-refractivity contribution in [1.29, 1.82) is 5.26 Å². The third kappa shape index (κ3) is 4.18. The highest BCUT2D eigenvalue weighted by molar-refractivity contribution is 5.51. The number of aromatic nitrogens is 1. The molecule has 1 heterocycles. The first kappa shape index (κ1) is 14.8. The van der Waals surface area contributed by atoms with E-state index in [1.165, 1.54) is 0 Å². The van der Waals surface area contributed by atoms with Crippen LogP contribution in [0.2, 0.25) is 0 Å². The maximum atomic E-state index is 12.6. The number of hydrogen-bond acceptors (Lipinski definition) is 2. The molecule has 2 nitrogen and oxygen atoms in total. The summed E-state index contributed by atoms with van der Waals surface area (Å²) in [6.45, 7) is 0. The van der Waals surface area contributed by atoms with Crippen molar-refractivity contribution in [3.8, 4) is 6.07 Å². The summed E-state index contributed by atoms with van der Waals surface area (Å²) in [5.41, 5.74) is 1.10. The topological polar surface area (TPSA) is 36.7 Å². The van der Waals surface area contributed by atoms with Crippen LogP contribution in [0.3, 0.4) is 0 Å². The van der Waals surface area contributed by atoms with E-state index < -0.39 is 11.7 Å². The first-order valence-corrected chi connectivity index (χ1v) is 6.18. The Kier molecular flexibility index (Phi) is 4.39. The number of allylic oxidation sites excluding steroid dienone is 1. The maximum absolute atomic E-state index is 12.6. The van der Waals surface area contributed by atoms with Gasteiger partial charge in [0.25, 0.3) is 0 Å². The van der Waals surface area contributed by atoms with Crippen LogP contribution in [0.4, 0.5) is 13.2 Å². The molecule has 106 valence electrons. The van der Waals surface area contributed by atoms with Crippen molar-refractivity contribution in [3.63, 3.8) is 0 Å². The van der Waals surface area contributed by atoms with E-state index in [1.807, 2.05) is 6.07 Å². The summed E-state index contributed by atoms with van der Waals surface area (Å²) in [5, 5.41) is 8.68. The van der Waals surface area contributed by atoms with Crippen molar-refractivity contribution in [1.82, 2.24) is 4.98 Å². The van der Waals surface area contributed by atoms with Gasteiger partial charge in [-0.2, -0.15) is 18.4 Å². The van der Waals surface area contributed by atoms with Gasteiger partial charge in [0.05, 0.1) is 17.2 Å². The highest BCUT2D eigenvalue weighted by Crippen LogP contribution is 2.29. The van der Waals surface area contributed by atoms with Crippen LogP contribution in [0, 0.1) is 11.3 Å². The molecule has 5 heteroatoms. The molecule has 1 aromatic heterocycles. The fourth-order valence-electron chi connectivity index (χ4n) is 1.75. The van der Waals surface area contributed by atoms with Gasteiger partial charge >= 0.3 is 6.18 Å². The van der Waals surface area contributed by atoms with Crippen LogP contribution in [0.1, 0.15) is 22.4 Å². The van der Waals surface area contributed by atoms with E-state index in [4.69, 9.17) is 5.26 Å². The van der Waals surface area contributed by atoms with Gasteiger partial charge < -0.3 is 0 Å². The summed E-state index contributed by atoms with van der Waals surface area (Å²) in [6.07, 6.45) is 0.638. The number of benzene rings is 1. The number of pyridine rings is 1. The highest BCUT2D eigenvalue weighted by atomic mass is 19.4. The zero-order valence-corrected chi connectivity index (χ0v) is 10.9. The molecule has 0 saturated heterocycles. The fourth-order valence-corrected chi connectivity index (χ4v) is 1.75. The lowest BCUT2D eigenvalue weighted by Gasteiger charge is -2.06. The van der Waals surface area contributed by atoms with E-state index in [1.54, 1.807) is 36.4 Å². The highest BCUT2D eigenvalue weighted by Gasteiger charge is 2.30. The third-order valence-electron chi connectivity index (χ3n) is 2.82. The minimum absolute atomic E-state index is 0.309. The number of alkyl halides is 3. The van der Waals surface area contributed by atoms with Crippen molar-refractivity contribution in [3.05, 3.63) is 71.1 Å². The summed E-state index contributed by atoms with van der Waals surface area (Å²) in [4.78, 5) is 3.92. The average Bonchev–Trinajstić information content (AvgIpc) is 2.47. The molecule has 0 amide bonds. The molecule has 0 fully saturated rings. The molecule has 0 radical (unpaired) electrons. The monoisotopic (exact) mass is 288 g/mol. The Labute approximate surface area is 120 Å². The first-order chi connectivity index (χ1) is 9.99. The van der Waals surface area contributed by atoms with Crippen LogP contribution in [-0.2, 0) is 12.6 Å². The molecule has 0 bridgehead atoms. The number of hydrogen-bond donors (Lipinski definition) is 0. The third-order valence-corrected chi connectivity index (χ3v) is 2.82. The van der Waals surface area contributed by atoms with E-state index in [9.17, 15) is 13.2 Å². The lowest BCUT2D eigenvalue weighted by molar-refractivity contribution is -0.137. The van der Waals surface area contributed by atoms with Crippen LogP contribution in [0.25, 0.3) is 6.08 Å². The molecule has 0 aliphatic heterocycles. The molecule has 2 aromatic rings. The van der Waals surface area contributed by atoms with E-state index >= 15 is 0 Å². The molecule has 2 rings (SSSR count). The predicted octanol–water partition coefficient (Wildman–Crippen LogP) is 4.23. The minimum Gasteiger partial charge on any atom is -0.261 e. The number of halogens is 3. The summed E-state index contributed by atoms with van der Waals surface area (Å²) in [6, 6.07) is 10.9. The molecular weight excluding hydrogens is 277 g/mol. The predicted molar refractivity (Wildman–Crippen MR) is 73.1 cm³/mol. The van der Waals surface area contributed by atoms with E-state index in [0.717, 1.165) is 23.9 Å². The van der Waals surface area contributed by atoms with Crippen molar-refractivity contribution in [2.24, 2.45) is 0 Å². The van der Waals surface area contributed by atoms with Gasteiger partial charge in [-0.3, -0.25) is 4.98 Å². The van der Waals surface area contributed by atoms with Gasteiger partial charge in [0, 0.05) is 18.3 Å². The van der Waals surface area contributed by atoms with Crippen molar-refractivity contribution >= 4 is 6.08 Å². The second-order valence-electron chi connectivity index (χ2n) is 4.37. The lowest BCUT2D eigenvalue weighted by atomic mass is 10.1. The summed E-state index contributed by atoms with van der Waals surface area (Å²) < 4.78 is 37.7. The Bertz CT molecular complexity index is 680. The van der Waals surface area contributed by atoms with Gasteiger partial charge in [-0.1, -0.05) is 24.3 Å². The Balaban J connectivity index is 2.05. The SMILES string of the molecule is N#Cc1ccc(C=CCc2cc(C(F)(F)F)ccn2)cc1. The Hall–Kier alpha value is -2.61. The second-order valence-corrected chi connectivity index (χ2v) is 4.37. The normalized spacial score (nSPS) is 11.5. The molecule has 0 spiro atoms. The molecule has 21 heavy (non-hydrogen) atoms. The van der Waals surface area contributed by atoms with E-state index in [-0.39, 0.29) is 0 Å². The average molecular weight is 288 g/mol. The zero-order valence-electron chi connectivity index (χ0n) is 10.9. The summed E-state index contributed by atoms with van der Waals surface area (Å²) in [7, 11) is 0. The summed E-state index contributed by atoms with van der Waals surface area (Å²) in [5.74, 6) is 0. The van der Waals surface area contributed by atoms with Crippen molar-refractivity contribution < 1.29 is 13.2 Å². The van der Waals surface area contributed by atoms with Gasteiger partial charge in [-0.15, -0.1) is 0 Å². The van der Waals surface area contributed by atoms with Crippen molar-refractivity contribution in [2.75, 3.05) is 0 Å². The molecule has 0 aliphatic carbocycles. The molecule has 0 saturated carbocycles. The quantitative estimate of drug-likeness (QED) is 0.847. The molecule has 0 N–H and O–H groups in total. The Morgan fingerprint density at radius 2 is 1.86 bits per heavy atom. The molecule has 0 atom stereocenters. The van der Waals surface area contributed by atoms with Gasteiger partial charge in [-0.05, 0) is 29.8 Å². The smallest absolute Gasteiger partial charge is 0.261 e. The first-order valence-electron chi connectivity index (χ1n) is 6.18. The number of nitrogens with zero attached hydrogens (tertiary/aromatic N) is 2. The van der Waals surface area contributed by atoms with Gasteiger partial charge in [0.1, 0.15) is 0 Å². The molecule has 0 aliphatic rings. The van der Waals surface area contributed by atoms with Crippen LogP contribution >= 0.6 is 0 Å². The summed E-state index contributed by atoms with van der Waals surface area (Å²) >= 11 is 0. The molecule has 1 aromatic carbocycles. The van der Waals surface area contributed by atoms with Gasteiger partial charge in [0.2, 0.25) is 0 Å². The number of nitriles is 1. The zero-order chi connectivity index (χ0) is 15.3. The van der Waals surface area contributed by atoms with E-state index in [2.05, 4.69) is 4.98 Å². The van der Waals surface area contributed by atoms with E-state index in [0.29, 0.717) is 17.7 Å². The van der Waals surface area contributed by atoms with Gasteiger partial charge in [-0.25, -0.2) is 0 Å². The fraction of sp³-hybridized carbons (Fsp3) is 0.125. The van der Waals surface area contributed by atoms with Crippen LogP contribution < -0.4 is 0 Å². The lowest BCUT2D eigenvalue weighted by Crippen LogP contribution is -2.05. The molecular formula is C16H11F3N2. The Morgan fingerprint density at radius 1 is 1.14 bits per heavy atom.